The number of phenolic OH excluding ortho intramolecular Hbond substituents is 3. The van der Waals surface area contributed by atoms with Gasteiger partial charge in [-0.05, 0) is 134 Å². The van der Waals surface area contributed by atoms with Gasteiger partial charge in [0.05, 0.1) is 19.3 Å². The SMILES string of the molecule is CCCCCC1C(=O)CC(c2cc(OC)c(O)cc2CO)C(Cc2ccccc2)C#CC2CNC34CCC5CC(CNC)C6CC57C=CC3CC1(O)C2C74c1cc(O)c(O)cc16. The molecule has 328 valence electrons. The molecule has 9 nitrogen and oxygen atoms in total. The number of fused-ring (bicyclic) bond motifs is 3. The van der Waals surface area contributed by atoms with Crippen LogP contribution in [0, 0.1) is 58.7 Å². The predicted molar refractivity (Wildman–Crippen MR) is 238 cm³/mol. The number of unbranched alkanes of at least 4 members (excludes halogenated alkanes) is 2. The molecular formula is C53H64N2O7. The van der Waals surface area contributed by atoms with Gasteiger partial charge in [0.25, 0.3) is 0 Å². The number of methoxy groups -OCH3 is 1. The molecule has 3 saturated carbocycles. The number of carbonyl (C=O) groups excluding carboxylic acids is 1. The van der Waals surface area contributed by atoms with Crippen LogP contribution in [0.4, 0.5) is 0 Å². The summed E-state index contributed by atoms with van der Waals surface area (Å²) in [5.74, 6) is 6.13. The first-order valence-corrected chi connectivity index (χ1v) is 23.5. The van der Waals surface area contributed by atoms with Crippen LogP contribution >= 0.6 is 0 Å². The zero-order chi connectivity index (χ0) is 43.2. The number of ether oxygens (including phenoxy) is 1. The number of ketones is 1. The van der Waals surface area contributed by atoms with Gasteiger partial charge >= 0.3 is 0 Å². The number of aliphatic hydroxyl groups excluding tert-OH is 1. The molecule has 6 bridgehead atoms. The Labute approximate surface area is 366 Å². The van der Waals surface area contributed by atoms with E-state index in [0.29, 0.717) is 43.2 Å². The fourth-order valence-corrected chi connectivity index (χ4v) is 15.7. The van der Waals surface area contributed by atoms with Gasteiger partial charge in [0.1, 0.15) is 5.78 Å². The Hall–Kier alpha value is -4.33. The first-order valence-electron chi connectivity index (χ1n) is 23.5. The van der Waals surface area contributed by atoms with E-state index >= 15 is 4.79 Å². The summed E-state index contributed by atoms with van der Waals surface area (Å²) >= 11 is 0. The highest BCUT2D eigenvalue weighted by Gasteiger charge is 2.83. The minimum absolute atomic E-state index is 0.0115. The van der Waals surface area contributed by atoms with Crippen molar-refractivity contribution < 1.29 is 35.1 Å². The molecule has 7 aliphatic rings. The molecule has 1 saturated heterocycles. The normalized spacial score (nSPS) is 38.3. The molecule has 62 heavy (non-hydrogen) atoms. The van der Waals surface area contributed by atoms with Gasteiger partial charge in [-0.2, -0.15) is 0 Å². The van der Waals surface area contributed by atoms with Crippen LogP contribution < -0.4 is 15.4 Å². The Morgan fingerprint density at radius 1 is 0.968 bits per heavy atom. The maximum atomic E-state index is 15.9. The summed E-state index contributed by atoms with van der Waals surface area (Å²) in [6.07, 6.45) is 13.2. The lowest BCUT2D eigenvalue weighted by Gasteiger charge is -2.82. The van der Waals surface area contributed by atoms with E-state index in [9.17, 15) is 25.5 Å². The second kappa shape index (κ2) is 15.4. The largest absolute Gasteiger partial charge is 0.504 e. The molecule has 13 unspecified atom stereocenters. The third-order valence-corrected chi connectivity index (χ3v) is 17.8. The molecule has 0 amide bonds. The fraction of sp³-hybridized carbons (Fsp3) is 0.566. The number of phenols is 3. The molecule has 0 aromatic heterocycles. The molecule has 1 aliphatic heterocycles. The van der Waals surface area contributed by atoms with E-state index in [4.69, 9.17) is 4.74 Å². The number of aromatic hydroxyl groups is 3. The van der Waals surface area contributed by atoms with E-state index in [1.807, 2.05) is 37.4 Å². The van der Waals surface area contributed by atoms with Crippen LogP contribution in [0.1, 0.15) is 111 Å². The molecule has 2 spiro atoms. The van der Waals surface area contributed by atoms with Gasteiger partial charge in [0, 0.05) is 58.9 Å². The highest BCUT2D eigenvalue weighted by Crippen LogP contribution is 2.81. The minimum Gasteiger partial charge on any atom is -0.504 e. The molecule has 6 aliphatic carbocycles. The fourth-order valence-electron chi connectivity index (χ4n) is 15.7. The average molecular weight is 841 g/mol. The zero-order valence-corrected chi connectivity index (χ0v) is 36.5. The van der Waals surface area contributed by atoms with Gasteiger partial charge < -0.3 is 40.9 Å². The van der Waals surface area contributed by atoms with E-state index < -0.39 is 34.3 Å². The average Bonchev–Trinajstić information content (AvgIpc) is 3.26. The molecule has 7 N–H and O–H groups in total. The van der Waals surface area contributed by atoms with Gasteiger partial charge in [0.15, 0.2) is 23.0 Å². The number of nitrogens with one attached hydrogen (secondary N) is 2. The van der Waals surface area contributed by atoms with Crippen molar-refractivity contribution in [2.75, 3.05) is 27.2 Å². The second-order valence-electron chi connectivity index (χ2n) is 20.3. The van der Waals surface area contributed by atoms with Crippen molar-refractivity contribution in [3.63, 3.8) is 0 Å². The number of aliphatic hydroxyl groups is 2. The molecular weight excluding hydrogens is 777 g/mol. The van der Waals surface area contributed by atoms with Crippen molar-refractivity contribution in [2.45, 2.75) is 113 Å². The summed E-state index contributed by atoms with van der Waals surface area (Å²) in [5, 5.41) is 66.8. The van der Waals surface area contributed by atoms with Gasteiger partial charge in [-0.25, -0.2) is 0 Å². The van der Waals surface area contributed by atoms with Crippen LogP contribution in [-0.4, -0.2) is 69.7 Å². The number of Topliss-reactive ketones (excluding diaryl/α,β-unsaturated/α-hetero) is 1. The standard InChI is InChI=1S/C53H64N2O7/c1-4-5-7-12-42-44(57)22-38(39-24-48(62-3)47(60)21-35(39)30-56)32(19-31-10-8-6-9-11-31)13-14-33-29-55-52-18-16-36-20-34(28-54-2)41-27-50(36)17-15-37(52)26-51(42,61)49(33)53(50,52)43-25-46(59)45(58)23-40(41)43/h6,8-11,15,17,21,23-25,32-34,36-38,41-42,49,54-56,58-61H,4-5,7,12,16,18-20,22,26-30H2,1-3H3. The Kier molecular flexibility index (Phi) is 10.4. The third-order valence-electron chi connectivity index (χ3n) is 17.8. The monoisotopic (exact) mass is 840 g/mol. The lowest BCUT2D eigenvalue weighted by Crippen LogP contribution is -2.88. The van der Waals surface area contributed by atoms with Gasteiger partial charge in [-0.3, -0.25) is 4.79 Å². The Bertz CT molecular complexity index is 2340. The van der Waals surface area contributed by atoms with Crippen molar-refractivity contribution in [1.82, 2.24) is 10.6 Å². The predicted octanol–water partition coefficient (Wildman–Crippen LogP) is 7.38. The molecule has 9 heteroatoms. The summed E-state index contributed by atoms with van der Waals surface area (Å²) in [7, 11) is 3.52. The van der Waals surface area contributed by atoms with Crippen molar-refractivity contribution in [3.8, 4) is 34.8 Å². The van der Waals surface area contributed by atoms with Crippen molar-refractivity contribution in [3.05, 3.63) is 94.6 Å². The first-order chi connectivity index (χ1) is 30.0. The number of benzene rings is 3. The summed E-state index contributed by atoms with van der Waals surface area (Å²) in [4.78, 5) is 15.9. The Morgan fingerprint density at radius 2 is 1.77 bits per heavy atom. The molecule has 4 fully saturated rings. The number of hydrogen-bond acceptors (Lipinski definition) is 9. The van der Waals surface area contributed by atoms with Gasteiger partial charge in [-0.15, -0.1) is 0 Å². The van der Waals surface area contributed by atoms with Crippen molar-refractivity contribution in [2.24, 2.45) is 46.8 Å². The van der Waals surface area contributed by atoms with E-state index in [1.165, 1.54) is 7.11 Å². The third kappa shape index (κ3) is 5.71. The van der Waals surface area contributed by atoms with Crippen LogP contribution in [-0.2, 0) is 23.2 Å². The molecule has 0 radical (unpaired) electrons. The Morgan fingerprint density at radius 3 is 2.53 bits per heavy atom. The molecule has 13 atom stereocenters. The highest BCUT2D eigenvalue weighted by atomic mass is 16.5. The smallest absolute Gasteiger partial charge is 0.160 e. The van der Waals surface area contributed by atoms with E-state index in [0.717, 1.165) is 73.7 Å². The summed E-state index contributed by atoms with van der Waals surface area (Å²) < 4.78 is 5.64. The first kappa shape index (κ1) is 41.7. The maximum Gasteiger partial charge on any atom is 0.160 e. The van der Waals surface area contributed by atoms with E-state index in [-0.39, 0.29) is 70.9 Å². The summed E-state index contributed by atoms with van der Waals surface area (Å²) in [6.45, 7) is 3.25. The van der Waals surface area contributed by atoms with Crippen LogP contribution in [0.15, 0.2) is 66.7 Å². The lowest BCUT2D eigenvalue weighted by atomic mass is 9.24. The molecule has 3 aromatic carbocycles. The Balaban J connectivity index is 1.25. The molecule has 1 heterocycles. The van der Waals surface area contributed by atoms with Crippen molar-refractivity contribution in [1.29, 1.82) is 0 Å². The molecule has 3 aromatic rings. The van der Waals surface area contributed by atoms with Crippen LogP contribution in [0.3, 0.4) is 0 Å². The van der Waals surface area contributed by atoms with Crippen LogP contribution in [0.25, 0.3) is 0 Å². The topological polar surface area (TPSA) is 152 Å². The van der Waals surface area contributed by atoms with Crippen LogP contribution in [0.5, 0.6) is 23.0 Å². The number of rotatable bonds is 11. The number of hydrogen-bond donors (Lipinski definition) is 7. The van der Waals surface area contributed by atoms with Crippen molar-refractivity contribution >= 4 is 5.78 Å². The number of allylic oxidation sites excluding steroid dienone is 1. The van der Waals surface area contributed by atoms with Crippen LogP contribution in [0.2, 0.25) is 0 Å². The molecule has 10 rings (SSSR count). The highest BCUT2D eigenvalue weighted by molar-refractivity contribution is 5.84. The summed E-state index contributed by atoms with van der Waals surface area (Å²) in [6, 6.07) is 17.3. The van der Waals surface area contributed by atoms with Gasteiger partial charge in [0.2, 0.25) is 0 Å². The lowest BCUT2D eigenvalue weighted by molar-refractivity contribution is -0.263. The van der Waals surface area contributed by atoms with E-state index in [1.54, 1.807) is 12.1 Å². The van der Waals surface area contributed by atoms with E-state index in [2.05, 4.69) is 53.7 Å². The zero-order valence-electron chi connectivity index (χ0n) is 36.5. The number of carbonyl (C=O) groups is 1. The second-order valence-corrected chi connectivity index (χ2v) is 20.3. The quantitative estimate of drug-likeness (QED) is 0.0455. The minimum atomic E-state index is -1.44. The number of piperidine rings is 1. The summed E-state index contributed by atoms with van der Waals surface area (Å²) in [5.41, 5.74) is 1.46. The maximum absolute atomic E-state index is 15.9. The van der Waals surface area contributed by atoms with Gasteiger partial charge in [-0.1, -0.05) is 80.5 Å².